The summed E-state index contributed by atoms with van der Waals surface area (Å²) in [5, 5.41) is 4.00. The van der Waals surface area contributed by atoms with E-state index >= 15 is 0 Å². The SMILES string of the molecule is C#CCc1c(C2=NNCC2)cccc1C(F)(F)F. The zero-order valence-electron chi connectivity index (χ0n) is 9.51. The highest BCUT2D eigenvalue weighted by molar-refractivity contribution is 6.03. The smallest absolute Gasteiger partial charge is 0.309 e. The first-order chi connectivity index (χ1) is 8.54. The van der Waals surface area contributed by atoms with Crippen LogP contribution in [-0.2, 0) is 12.6 Å². The van der Waals surface area contributed by atoms with Crippen molar-refractivity contribution in [3.8, 4) is 12.3 Å². The lowest BCUT2D eigenvalue weighted by molar-refractivity contribution is -0.138. The molecule has 0 aromatic heterocycles. The molecule has 18 heavy (non-hydrogen) atoms. The van der Waals surface area contributed by atoms with Crippen LogP contribution in [0.2, 0.25) is 0 Å². The molecule has 0 radical (unpaired) electrons. The minimum absolute atomic E-state index is 0.0516. The van der Waals surface area contributed by atoms with Crippen LogP contribution in [0.3, 0.4) is 0 Å². The van der Waals surface area contributed by atoms with Gasteiger partial charge >= 0.3 is 6.18 Å². The number of hydrogen-bond donors (Lipinski definition) is 1. The predicted molar refractivity (Wildman–Crippen MR) is 63.1 cm³/mol. The van der Waals surface area contributed by atoms with E-state index in [2.05, 4.69) is 16.4 Å². The summed E-state index contributed by atoms with van der Waals surface area (Å²) in [7, 11) is 0. The molecule has 0 spiro atoms. The second kappa shape index (κ2) is 4.73. The van der Waals surface area contributed by atoms with Gasteiger partial charge in [0.2, 0.25) is 0 Å². The first kappa shape index (κ1) is 12.5. The van der Waals surface area contributed by atoms with Crippen LogP contribution >= 0.6 is 0 Å². The van der Waals surface area contributed by atoms with Crippen LogP contribution in [0.5, 0.6) is 0 Å². The molecule has 2 rings (SSSR count). The molecule has 1 aliphatic heterocycles. The van der Waals surface area contributed by atoms with Crippen molar-refractivity contribution in [2.24, 2.45) is 5.10 Å². The highest BCUT2D eigenvalue weighted by Crippen LogP contribution is 2.34. The molecule has 2 nitrogen and oxygen atoms in total. The zero-order chi connectivity index (χ0) is 13.2. The molecule has 1 aromatic rings. The quantitative estimate of drug-likeness (QED) is 0.804. The van der Waals surface area contributed by atoms with Gasteiger partial charge in [-0.25, -0.2) is 0 Å². The largest absolute Gasteiger partial charge is 0.416 e. The van der Waals surface area contributed by atoms with Crippen molar-refractivity contribution in [2.75, 3.05) is 6.54 Å². The Labute approximate surface area is 103 Å². The van der Waals surface area contributed by atoms with Crippen LogP contribution < -0.4 is 5.43 Å². The topological polar surface area (TPSA) is 24.4 Å². The summed E-state index contributed by atoms with van der Waals surface area (Å²) < 4.78 is 38.7. The van der Waals surface area contributed by atoms with Gasteiger partial charge in [0, 0.05) is 24.9 Å². The molecule has 0 bridgehead atoms. The van der Waals surface area contributed by atoms with E-state index in [-0.39, 0.29) is 12.0 Å². The fraction of sp³-hybridized carbons (Fsp3) is 0.308. The van der Waals surface area contributed by atoms with Gasteiger partial charge in [0.25, 0.3) is 0 Å². The summed E-state index contributed by atoms with van der Waals surface area (Å²) >= 11 is 0. The Balaban J connectivity index is 2.56. The molecule has 0 saturated carbocycles. The van der Waals surface area contributed by atoms with Gasteiger partial charge in [0.15, 0.2) is 0 Å². The Hall–Kier alpha value is -1.96. The average Bonchev–Trinajstić information content (AvgIpc) is 2.81. The highest BCUT2D eigenvalue weighted by Gasteiger charge is 2.34. The van der Waals surface area contributed by atoms with E-state index < -0.39 is 11.7 Å². The van der Waals surface area contributed by atoms with E-state index in [9.17, 15) is 13.2 Å². The first-order valence-electron chi connectivity index (χ1n) is 5.46. The Morgan fingerprint density at radius 3 is 2.72 bits per heavy atom. The van der Waals surface area contributed by atoms with E-state index in [1.54, 1.807) is 6.07 Å². The van der Waals surface area contributed by atoms with Crippen molar-refractivity contribution < 1.29 is 13.2 Å². The monoisotopic (exact) mass is 252 g/mol. The summed E-state index contributed by atoms with van der Waals surface area (Å²) in [6, 6.07) is 4.08. The van der Waals surface area contributed by atoms with Crippen molar-refractivity contribution in [2.45, 2.75) is 19.0 Å². The molecular weight excluding hydrogens is 241 g/mol. The van der Waals surface area contributed by atoms with E-state index in [0.29, 0.717) is 24.2 Å². The van der Waals surface area contributed by atoms with E-state index in [1.807, 2.05) is 0 Å². The predicted octanol–water partition coefficient (Wildman–Crippen LogP) is 2.58. The standard InChI is InChI=1S/C13H11F3N2/c1-2-4-9-10(12-7-8-17-18-12)5-3-6-11(9)13(14,15)16/h1,3,5-6,17H,4,7-8H2. The molecule has 0 amide bonds. The number of terminal acetylenes is 1. The molecular formula is C13H11F3N2. The number of rotatable bonds is 2. The van der Waals surface area contributed by atoms with Gasteiger partial charge in [-0.2, -0.15) is 18.3 Å². The van der Waals surface area contributed by atoms with Crippen LogP contribution in [0.1, 0.15) is 23.1 Å². The Morgan fingerprint density at radius 1 is 1.39 bits per heavy atom. The third-order valence-corrected chi connectivity index (χ3v) is 2.76. The fourth-order valence-electron chi connectivity index (χ4n) is 1.99. The van der Waals surface area contributed by atoms with Crippen molar-refractivity contribution in [1.29, 1.82) is 0 Å². The maximum Gasteiger partial charge on any atom is 0.416 e. The van der Waals surface area contributed by atoms with Gasteiger partial charge in [-0.05, 0) is 11.6 Å². The van der Waals surface area contributed by atoms with Gasteiger partial charge < -0.3 is 5.43 Å². The average molecular weight is 252 g/mol. The molecule has 0 fully saturated rings. The highest BCUT2D eigenvalue weighted by atomic mass is 19.4. The molecule has 1 aliphatic rings. The van der Waals surface area contributed by atoms with Crippen molar-refractivity contribution in [1.82, 2.24) is 5.43 Å². The minimum atomic E-state index is -4.39. The maximum absolute atomic E-state index is 12.9. The van der Waals surface area contributed by atoms with Crippen molar-refractivity contribution in [3.63, 3.8) is 0 Å². The fourth-order valence-corrected chi connectivity index (χ4v) is 1.99. The zero-order valence-corrected chi connectivity index (χ0v) is 9.51. The maximum atomic E-state index is 12.9. The van der Waals surface area contributed by atoms with E-state index in [4.69, 9.17) is 6.42 Å². The lowest BCUT2D eigenvalue weighted by Crippen LogP contribution is -2.13. The normalized spacial score (nSPS) is 14.9. The minimum Gasteiger partial charge on any atom is -0.309 e. The summed E-state index contributed by atoms with van der Waals surface area (Å²) in [6.07, 6.45) is 1.33. The molecule has 0 saturated heterocycles. The van der Waals surface area contributed by atoms with Crippen LogP contribution in [0.4, 0.5) is 13.2 Å². The number of benzene rings is 1. The summed E-state index contributed by atoms with van der Waals surface area (Å²) in [6.45, 7) is 0.640. The van der Waals surface area contributed by atoms with Gasteiger partial charge in [0.05, 0.1) is 11.3 Å². The number of alkyl halides is 3. The molecule has 94 valence electrons. The second-order valence-electron chi connectivity index (χ2n) is 3.93. The van der Waals surface area contributed by atoms with E-state index in [0.717, 1.165) is 6.07 Å². The number of nitrogens with zero attached hydrogens (tertiary/aromatic N) is 1. The summed E-state index contributed by atoms with van der Waals surface area (Å²) in [5.74, 6) is 2.28. The Bertz CT molecular complexity index is 524. The van der Waals surface area contributed by atoms with Crippen molar-refractivity contribution in [3.05, 3.63) is 34.9 Å². The number of nitrogens with one attached hydrogen (secondary N) is 1. The second-order valence-corrected chi connectivity index (χ2v) is 3.93. The Morgan fingerprint density at radius 2 is 2.17 bits per heavy atom. The molecule has 1 N–H and O–H groups in total. The third kappa shape index (κ3) is 2.33. The van der Waals surface area contributed by atoms with Gasteiger partial charge in [-0.15, -0.1) is 12.3 Å². The summed E-state index contributed by atoms with van der Waals surface area (Å²) in [5.41, 5.74) is 3.34. The number of hydrogen-bond acceptors (Lipinski definition) is 2. The van der Waals surface area contributed by atoms with Gasteiger partial charge in [-0.1, -0.05) is 12.1 Å². The molecule has 0 aliphatic carbocycles. The molecule has 1 aromatic carbocycles. The van der Waals surface area contributed by atoms with Crippen LogP contribution in [-0.4, -0.2) is 12.3 Å². The molecule has 0 atom stereocenters. The van der Waals surface area contributed by atoms with E-state index in [1.165, 1.54) is 6.07 Å². The van der Waals surface area contributed by atoms with Gasteiger partial charge in [0.1, 0.15) is 0 Å². The number of halogens is 3. The lowest BCUT2D eigenvalue weighted by Gasteiger charge is -2.15. The Kier molecular flexibility index (Phi) is 3.28. The molecule has 5 heteroatoms. The first-order valence-corrected chi connectivity index (χ1v) is 5.46. The lowest BCUT2D eigenvalue weighted by atomic mass is 9.94. The van der Waals surface area contributed by atoms with Crippen LogP contribution in [0.15, 0.2) is 23.3 Å². The third-order valence-electron chi connectivity index (χ3n) is 2.76. The molecule has 0 unspecified atom stereocenters. The summed E-state index contributed by atoms with van der Waals surface area (Å²) in [4.78, 5) is 0. The molecule has 1 heterocycles. The van der Waals surface area contributed by atoms with Crippen LogP contribution in [0, 0.1) is 12.3 Å². The van der Waals surface area contributed by atoms with Gasteiger partial charge in [-0.3, -0.25) is 0 Å². The number of hydrazone groups is 1. The van der Waals surface area contributed by atoms with Crippen LogP contribution in [0.25, 0.3) is 0 Å². The van der Waals surface area contributed by atoms with Crippen molar-refractivity contribution >= 4 is 5.71 Å².